The summed E-state index contributed by atoms with van der Waals surface area (Å²) in [6.45, 7) is 2.14. The second kappa shape index (κ2) is 8.58. The lowest BCUT2D eigenvalue weighted by molar-refractivity contribution is 0.248. The summed E-state index contributed by atoms with van der Waals surface area (Å²) in [4.78, 5) is 2.10. The molecule has 150 valence electrons. The Bertz CT molecular complexity index is 938. The van der Waals surface area contributed by atoms with Gasteiger partial charge in [0.15, 0.2) is 0 Å². The number of nitrogens with zero attached hydrogens (tertiary/aromatic N) is 1. The standard InChI is InChI=1S/C25H27NO3/c1-26(2)14-15-28-21-11-8-19(9-12-21)25-22-16-20(27)10-13-24(22)29-17-23(25)18-6-4-3-5-7-18/h3-13,16,23,25,27H,14-15,17H2,1-2H3/t23-,25+/m1/s1. The Labute approximate surface area is 172 Å². The third-order valence-corrected chi connectivity index (χ3v) is 5.42. The van der Waals surface area contributed by atoms with Crippen LogP contribution in [0.5, 0.6) is 17.2 Å². The first-order chi connectivity index (χ1) is 14.1. The van der Waals surface area contributed by atoms with Crippen molar-refractivity contribution in [1.29, 1.82) is 0 Å². The number of fused-ring (bicyclic) bond motifs is 1. The molecule has 4 heteroatoms. The van der Waals surface area contributed by atoms with Crippen LogP contribution in [-0.2, 0) is 0 Å². The van der Waals surface area contributed by atoms with Crippen molar-refractivity contribution in [3.05, 3.63) is 89.5 Å². The molecule has 29 heavy (non-hydrogen) atoms. The van der Waals surface area contributed by atoms with Crippen LogP contribution in [0.25, 0.3) is 0 Å². The maximum absolute atomic E-state index is 10.1. The van der Waals surface area contributed by atoms with Gasteiger partial charge in [-0.15, -0.1) is 0 Å². The maximum atomic E-state index is 10.1. The fourth-order valence-corrected chi connectivity index (χ4v) is 3.92. The van der Waals surface area contributed by atoms with E-state index in [1.165, 1.54) is 11.1 Å². The van der Waals surface area contributed by atoms with Crippen LogP contribution in [0.15, 0.2) is 72.8 Å². The molecule has 2 atom stereocenters. The smallest absolute Gasteiger partial charge is 0.123 e. The molecule has 1 N–H and O–H groups in total. The van der Waals surface area contributed by atoms with Gasteiger partial charge >= 0.3 is 0 Å². The monoisotopic (exact) mass is 389 g/mol. The largest absolute Gasteiger partial charge is 0.508 e. The zero-order valence-electron chi connectivity index (χ0n) is 16.9. The Morgan fingerprint density at radius 1 is 0.966 bits per heavy atom. The minimum Gasteiger partial charge on any atom is -0.508 e. The van der Waals surface area contributed by atoms with Crippen molar-refractivity contribution in [2.45, 2.75) is 11.8 Å². The van der Waals surface area contributed by atoms with Gasteiger partial charge < -0.3 is 19.5 Å². The molecule has 0 radical (unpaired) electrons. The summed E-state index contributed by atoms with van der Waals surface area (Å²) in [5, 5.41) is 10.1. The number of benzene rings is 3. The fourth-order valence-electron chi connectivity index (χ4n) is 3.92. The predicted molar refractivity (Wildman–Crippen MR) is 115 cm³/mol. The van der Waals surface area contributed by atoms with Gasteiger partial charge in [0.2, 0.25) is 0 Å². The highest BCUT2D eigenvalue weighted by molar-refractivity contribution is 5.51. The maximum Gasteiger partial charge on any atom is 0.123 e. The average molecular weight is 389 g/mol. The summed E-state index contributed by atoms with van der Waals surface area (Å²) in [5.41, 5.74) is 3.44. The summed E-state index contributed by atoms with van der Waals surface area (Å²) < 4.78 is 11.9. The van der Waals surface area contributed by atoms with E-state index in [0.717, 1.165) is 23.6 Å². The first-order valence-electron chi connectivity index (χ1n) is 10.00. The topological polar surface area (TPSA) is 41.9 Å². The summed E-state index contributed by atoms with van der Waals surface area (Å²) in [6, 6.07) is 24.1. The molecule has 0 spiro atoms. The van der Waals surface area contributed by atoms with E-state index in [-0.39, 0.29) is 17.6 Å². The number of phenolic OH excluding ortho intramolecular Hbond substituents is 1. The van der Waals surface area contributed by atoms with Crippen LogP contribution in [0.3, 0.4) is 0 Å². The number of hydrogen-bond donors (Lipinski definition) is 1. The van der Waals surface area contributed by atoms with Crippen LogP contribution < -0.4 is 9.47 Å². The lowest BCUT2D eigenvalue weighted by Gasteiger charge is -2.34. The van der Waals surface area contributed by atoms with E-state index in [1.54, 1.807) is 6.07 Å². The summed E-state index contributed by atoms with van der Waals surface area (Å²) in [7, 11) is 4.07. The minimum atomic E-state index is 0.101. The van der Waals surface area contributed by atoms with E-state index in [0.29, 0.717) is 13.2 Å². The number of rotatable bonds is 6. The second-order valence-electron chi connectivity index (χ2n) is 7.75. The number of likely N-dealkylation sites (N-methyl/N-ethyl adjacent to an activating group) is 1. The third kappa shape index (κ3) is 4.38. The van der Waals surface area contributed by atoms with Crippen LogP contribution in [0.2, 0.25) is 0 Å². The van der Waals surface area contributed by atoms with E-state index >= 15 is 0 Å². The van der Waals surface area contributed by atoms with Gasteiger partial charge in [0.1, 0.15) is 23.9 Å². The highest BCUT2D eigenvalue weighted by atomic mass is 16.5. The first kappa shape index (κ1) is 19.3. The quantitative estimate of drug-likeness (QED) is 0.667. The SMILES string of the molecule is CN(C)CCOc1ccc([C@H]2c3cc(O)ccc3OC[C@@H]2c2ccccc2)cc1. The molecule has 3 aromatic carbocycles. The van der Waals surface area contributed by atoms with Gasteiger partial charge in [-0.05, 0) is 55.6 Å². The Hall–Kier alpha value is -2.98. The molecule has 0 saturated heterocycles. The van der Waals surface area contributed by atoms with Crippen molar-refractivity contribution in [2.75, 3.05) is 33.9 Å². The molecule has 3 aromatic rings. The van der Waals surface area contributed by atoms with Gasteiger partial charge in [-0.25, -0.2) is 0 Å². The van der Waals surface area contributed by atoms with Gasteiger partial charge in [-0.1, -0.05) is 42.5 Å². The predicted octanol–water partition coefficient (Wildman–Crippen LogP) is 4.64. The van der Waals surface area contributed by atoms with Crippen molar-refractivity contribution in [3.63, 3.8) is 0 Å². The molecule has 0 amide bonds. The fraction of sp³-hybridized carbons (Fsp3) is 0.280. The summed E-state index contributed by atoms with van der Waals surface area (Å²) in [6.07, 6.45) is 0. The molecule has 1 aliphatic rings. The van der Waals surface area contributed by atoms with Crippen LogP contribution >= 0.6 is 0 Å². The number of phenols is 1. The van der Waals surface area contributed by atoms with Crippen molar-refractivity contribution < 1.29 is 14.6 Å². The van der Waals surface area contributed by atoms with Crippen LogP contribution in [-0.4, -0.2) is 43.9 Å². The molecule has 0 unspecified atom stereocenters. The minimum absolute atomic E-state index is 0.101. The summed E-state index contributed by atoms with van der Waals surface area (Å²) in [5.74, 6) is 2.24. The van der Waals surface area contributed by atoms with E-state index in [2.05, 4.69) is 41.3 Å². The Kier molecular flexibility index (Phi) is 5.72. The normalized spacial score (nSPS) is 18.2. The lowest BCUT2D eigenvalue weighted by atomic mass is 9.76. The molecular formula is C25H27NO3. The van der Waals surface area contributed by atoms with Gasteiger partial charge in [0.25, 0.3) is 0 Å². The van der Waals surface area contributed by atoms with Crippen molar-refractivity contribution >= 4 is 0 Å². The van der Waals surface area contributed by atoms with E-state index in [1.807, 2.05) is 44.4 Å². The average Bonchev–Trinajstić information content (AvgIpc) is 2.74. The van der Waals surface area contributed by atoms with E-state index < -0.39 is 0 Å². The molecule has 1 heterocycles. The molecule has 0 saturated carbocycles. The van der Waals surface area contributed by atoms with Crippen LogP contribution in [0, 0.1) is 0 Å². The number of aromatic hydroxyl groups is 1. The second-order valence-corrected chi connectivity index (χ2v) is 7.75. The van der Waals surface area contributed by atoms with Gasteiger partial charge in [-0.3, -0.25) is 0 Å². The molecular weight excluding hydrogens is 362 g/mol. The number of hydrogen-bond acceptors (Lipinski definition) is 4. The van der Waals surface area contributed by atoms with E-state index in [9.17, 15) is 5.11 Å². The molecule has 1 aliphatic heterocycles. The van der Waals surface area contributed by atoms with Crippen LogP contribution in [0.4, 0.5) is 0 Å². The van der Waals surface area contributed by atoms with Crippen LogP contribution in [0.1, 0.15) is 28.5 Å². The molecule has 0 fully saturated rings. The molecule has 4 nitrogen and oxygen atoms in total. The highest BCUT2D eigenvalue weighted by Gasteiger charge is 2.33. The molecule has 4 rings (SSSR count). The zero-order valence-corrected chi connectivity index (χ0v) is 16.9. The van der Waals surface area contributed by atoms with E-state index in [4.69, 9.17) is 9.47 Å². The Morgan fingerprint density at radius 3 is 2.45 bits per heavy atom. The third-order valence-electron chi connectivity index (χ3n) is 5.42. The molecule has 0 aliphatic carbocycles. The molecule has 0 aromatic heterocycles. The van der Waals surface area contributed by atoms with Gasteiger partial charge in [0.05, 0.1) is 6.61 Å². The molecule has 0 bridgehead atoms. The summed E-state index contributed by atoms with van der Waals surface area (Å²) >= 11 is 0. The van der Waals surface area contributed by atoms with Crippen molar-refractivity contribution in [2.24, 2.45) is 0 Å². The van der Waals surface area contributed by atoms with Gasteiger partial charge in [0, 0.05) is 23.9 Å². The Morgan fingerprint density at radius 2 is 1.72 bits per heavy atom. The zero-order chi connectivity index (χ0) is 20.2. The van der Waals surface area contributed by atoms with Crippen molar-refractivity contribution in [1.82, 2.24) is 4.90 Å². The first-order valence-corrected chi connectivity index (χ1v) is 10.00. The van der Waals surface area contributed by atoms with Crippen molar-refractivity contribution in [3.8, 4) is 17.2 Å². The Balaban J connectivity index is 1.67. The highest BCUT2D eigenvalue weighted by Crippen LogP contribution is 2.47. The number of ether oxygens (including phenoxy) is 2. The lowest BCUT2D eigenvalue weighted by Crippen LogP contribution is -2.25. The van der Waals surface area contributed by atoms with Gasteiger partial charge in [-0.2, -0.15) is 0 Å².